The van der Waals surface area contributed by atoms with E-state index in [-0.39, 0.29) is 24.8 Å². The van der Waals surface area contributed by atoms with E-state index in [2.05, 4.69) is 97.1 Å². The second-order valence-corrected chi connectivity index (χ2v) is 31.9. The molecule has 4 aromatic carbocycles. The topological polar surface area (TPSA) is 18.5 Å². The van der Waals surface area contributed by atoms with Crippen LogP contribution in [0.5, 0.6) is 11.5 Å². The van der Waals surface area contributed by atoms with Crippen LogP contribution >= 0.6 is 24.8 Å². The first-order valence-electron chi connectivity index (χ1n) is 18.7. The minimum Gasteiger partial charge on any atom is -0.147 e. The predicted octanol–water partition coefficient (Wildman–Crippen LogP) is 13.2. The van der Waals surface area contributed by atoms with Crippen molar-refractivity contribution in [2.45, 2.75) is 73.5 Å². The van der Waals surface area contributed by atoms with E-state index in [4.69, 9.17) is 9.47 Å². The number of halogens is 2. The van der Waals surface area contributed by atoms with E-state index >= 15 is 0 Å². The van der Waals surface area contributed by atoms with Crippen LogP contribution in [-0.2, 0) is 20.0 Å². The van der Waals surface area contributed by atoms with Crippen molar-refractivity contribution in [3.05, 3.63) is 118 Å². The first kappa shape index (κ1) is 35.8. The van der Waals surface area contributed by atoms with Crippen molar-refractivity contribution in [2.75, 3.05) is 14.2 Å². The van der Waals surface area contributed by atoms with Gasteiger partial charge >= 0.3 is 293 Å². The third-order valence-electron chi connectivity index (χ3n) is 13.1. The fourth-order valence-electron chi connectivity index (χ4n) is 10.7. The molecule has 0 amide bonds. The van der Waals surface area contributed by atoms with E-state index in [1.807, 2.05) is 11.1 Å². The second kappa shape index (κ2) is 14.8. The van der Waals surface area contributed by atoms with Crippen molar-refractivity contribution in [1.82, 2.24) is 0 Å². The van der Waals surface area contributed by atoms with Crippen molar-refractivity contribution >= 4 is 37.0 Å². The average Bonchev–Trinajstić information content (AvgIpc) is 3.95. The number of rotatable bonds is 8. The molecule has 4 aliphatic carbocycles. The van der Waals surface area contributed by atoms with Crippen LogP contribution in [0, 0.1) is 11.8 Å². The molecule has 9 rings (SSSR count). The Morgan fingerprint density at radius 1 is 0.500 bits per heavy atom. The molecule has 1 heterocycles. The Labute approximate surface area is 315 Å². The third kappa shape index (κ3) is 5.88. The third-order valence-corrected chi connectivity index (χ3v) is 35.2. The molecule has 0 bridgehead atoms. The van der Waals surface area contributed by atoms with Gasteiger partial charge in [0.05, 0.1) is 0 Å². The summed E-state index contributed by atoms with van der Waals surface area (Å²) < 4.78 is 15.6. The summed E-state index contributed by atoms with van der Waals surface area (Å²) in [6, 6.07) is 32.2. The van der Waals surface area contributed by atoms with Gasteiger partial charge in [0.2, 0.25) is 0 Å². The average molecular weight is 872 g/mol. The summed E-state index contributed by atoms with van der Waals surface area (Å²) >= 11 is -3.16. The van der Waals surface area contributed by atoms with E-state index in [0.717, 1.165) is 23.3 Å². The Morgan fingerprint density at radius 2 is 0.900 bits per heavy atom. The Morgan fingerprint density at radius 3 is 1.24 bits per heavy atom. The van der Waals surface area contributed by atoms with Gasteiger partial charge in [-0.1, -0.05) is 0 Å². The Hall–Kier alpha value is -2.59. The van der Waals surface area contributed by atoms with Crippen LogP contribution in [0.1, 0.15) is 87.4 Å². The normalized spacial score (nSPS) is 22.0. The number of fused-ring (bicyclic) bond motifs is 2. The Bertz CT molecular complexity index is 1760. The molecule has 0 radical (unpaired) electrons. The van der Waals surface area contributed by atoms with Gasteiger partial charge in [0.15, 0.2) is 0 Å². The molecule has 1 aliphatic heterocycles. The van der Waals surface area contributed by atoms with Crippen molar-refractivity contribution in [3.63, 3.8) is 0 Å². The van der Waals surface area contributed by atoms with Crippen molar-refractivity contribution in [1.29, 1.82) is 0 Å². The molecule has 5 aliphatic rings. The molecule has 2 unspecified atom stereocenters. The number of benzene rings is 4. The van der Waals surface area contributed by atoms with Gasteiger partial charge < -0.3 is 0 Å². The SMILES string of the molecule is COc1ccc(-c2cccc3c2C=C(C2CCCC2)[CH]3[Hf]2([CH]3C(C4CCCC4)=Cc4c(-c5ccc(OC)cc5)cccc43)[CH2]C[CH2]2)cc1.Cl.Cl. The van der Waals surface area contributed by atoms with Gasteiger partial charge in [0.1, 0.15) is 0 Å². The summed E-state index contributed by atoms with van der Waals surface area (Å²) in [5, 5.41) is 0. The van der Waals surface area contributed by atoms with Gasteiger partial charge in [-0.25, -0.2) is 0 Å². The number of methoxy groups -OCH3 is 2. The maximum Gasteiger partial charge on any atom is -0.147 e. The van der Waals surface area contributed by atoms with Crippen molar-refractivity contribution in [3.8, 4) is 33.8 Å². The van der Waals surface area contributed by atoms with E-state index in [1.54, 1.807) is 25.3 Å². The molecule has 0 aromatic heterocycles. The van der Waals surface area contributed by atoms with Gasteiger partial charge in [-0.15, -0.1) is 24.8 Å². The number of hydrogen-bond acceptors (Lipinski definition) is 2. The molecule has 1 saturated heterocycles. The molecule has 0 N–H and O–H groups in total. The fourth-order valence-corrected chi connectivity index (χ4v) is 33.6. The van der Waals surface area contributed by atoms with E-state index in [1.165, 1.54) is 99.5 Å². The molecule has 0 spiro atoms. The van der Waals surface area contributed by atoms with E-state index in [9.17, 15) is 0 Å². The summed E-state index contributed by atoms with van der Waals surface area (Å²) in [6.45, 7) is 0. The van der Waals surface area contributed by atoms with Crippen LogP contribution < -0.4 is 9.47 Å². The molecule has 3 fully saturated rings. The Kier molecular flexibility index (Phi) is 10.6. The maximum atomic E-state index is 5.54. The molecule has 50 heavy (non-hydrogen) atoms. The predicted molar refractivity (Wildman–Crippen MR) is 211 cm³/mol. The second-order valence-electron chi connectivity index (χ2n) is 15.3. The first-order chi connectivity index (χ1) is 23.7. The standard InChI is InChI=1S/2C21H21O.C3H6.2ClH.Hf/c2*1-22-19-11-9-16(10-12-19)20-8-4-7-17-13-18(14-21(17)20)15-5-2-3-6-15;1-3-2;;;/h2*4,7-15H,2-3,5-6H2,1H3;1-3H2;2*1H;. The van der Waals surface area contributed by atoms with Crippen LogP contribution in [0.2, 0.25) is 8.35 Å². The first-order valence-corrected chi connectivity index (χ1v) is 27.9. The number of hydrogen-bond donors (Lipinski definition) is 0. The molecule has 2 nitrogen and oxygen atoms in total. The molecule has 4 aromatic rings. The summed E-state index contributed by atoms with van der Waals surface area (Å²) in [4.78, 5) is 0. The minimum atomic E-state index is -3.16. The Balaban J connectivity index is 0.00000196. The molecule has 5 heteroatoms. The van der Waals surface area contributed by atoms with Crippen LogP contribution in [0.15, 0.2) is 96.1 Å². The number of ether oxygens (including phenoxy) is 2. The summed E-state index contributed by atoms with van der Waals surface area (Å²) in [5.74, 6) is 3.37. The maximum absolute atomic E-state index is 5.54. The van der Waals surface area contributed by atoms with Crippen LogP contribution in [0.25, 0.3) is 34.4 Å². The van der Waals surface area contributed by atoms with Crippen molar-refractivity contribution in [2.24, 2.45) is 11.8 Å². The van der Waals surface area contributed by atoms with Gasteiger partial charge in [-0.05, 0) is 0 Å². The molecule has 2 saturated carbocycles. The van der Waals surface area contributed by atoms with Crippen LogP contribution in [0.3, 0.4) is 0 Å². The molecule has 260 valence electrons. The van der Waals surface area contributed by atoms with Gasteiger partial charge in [0.25, 0.3) is 0 Å². The molecular weight excluding hydrogens is 822 g/mol. The minimum absolute atomic E-state index is 0. The molecular formula is C45H50Cl2HfO2. The largest absolute Gasteiger partial charge is 0.147 e. The summed E-state index contributed by atoms with van der Waals surface area (Å²) in [6.07, 6.45) is 18.0. The zero-order valence-corrected chi connectivity index (χ0v) is 34.7. The summed E-state index contributed by atoms with van der Waals surface area (Å²) in [7, 11) is 3.52. The zero-order valence-electron chi connectivity index (χ0n) is 29.5. The van der Waals surface area contributed by atoms with Gasteiger partial charge in [0, 0.05) is 0 Å². The van der Waals surface area contributed by atoms with Crippen LogP contribution in [0.4, 0.5) is 0 Å². The number of allylic oxidation sites excluding steroid dienone is 2. The van der Waals surface area contributed by atoms with E-state index < -0.39 is 20.0 Å². The fraction of sp³-hybridized carbons (Fsp3) is 0.378. The quantitative estimate of drug-likeness (QED) is 0.164. The van der Waals surface area contributed by atoms with Gasteiger partial charge in [-0.3, -0.25) is 0 Å². The van der Waals surface area contributed by atoms with Crippen molar-refractivity contribution < 1.29 is 29.4 Å². The van der Waals surface area contributed by atoms with Gasteiger partial charge in [-0.2, -0.15) is 0 Å². The smallest absolute Gasteiger partial charge is 0.147 e. The molecule has 2 atom stereocenters. The van der Waals surface area contributed by atoms with Crippen LogP contribution in [-0.4, -0.2) is 14.2 Å². The van der Waals surface area contributed by atoms with E-state index in [0.29, 0.717) is 7.35 Å². The monoisotopic (exact) mass is 872 g/mol. The summed E-state index contributed by atoms with van der Waals surface area (Å²) in [5.41, 5.74) is 15.6. The zero-order chi connectivity index (χ0) is 32.2.